The number of carbonyl (C=O) groups excluding carboxylic acids is 1. The van der Waals surface area contributed by atoms with E-state index in [1.807, 2.05) is 0 Å². The van der Waals surface area contributed by atoms with E-state index in [0.717, 1.165) is 25.5 Å². The first kappa shape index (κ1) is 17.1. The number of aliphatic hydroxyl groups excluding tert-OH is 1. The minimum atomic E-state index is -0.730. The quantitative estimate of drug-likeness (QED) is 0.253. The fraction of sp³-hybridized carbons (Fsp3) is 0.769. The van der Waals surface area contributed by atoms with Gasteiger partial charge in [0.05, 0.1) is 6.61 Å². The molecule has 0 fully saturated rings. The maximum Gasteiger partial charge on any atom is 0.330 e. The van der Waals surface area contributed by atoms with Crippen LogP contribution < -0.4 is 5.32 Å². The van der Waals surface area contributed by atoms with E-state index in [2.05, 4.69) is 25.7 Å². The van der Waals surface area contributed by atoms with Gasteiger partial charge in [0.1, 0.15) is 0 Å². The van der Waals surface area contributed by atoms with E-state index in [1.54, 1.807) is 0 Å². The molecule has 0 bridgehead atoms. The molecule has 0 rings (SSSR count). The SMILES string of the molecule is C=CC(=O)OCCCCOC(O)CCNC(C)C. The molecule has 5 nitrogen and oxygen atoms in total. The average molecular weight is 259 g/mol. The number of unbranched alkanes of at least 4 members (excludes halogenated alkanes) is 1. The Balaban J connectivity index is 3.27. The molecule has 0 aliphatic rings. The molecule has 0 heterocycles. The zero-order chi connectivity index (χ0) is 13.8. The Morgan fingerprint density at radius 3 is 2.67 bits per heavy atom. The molecule has 0 spiro atoms. The largest absolute Gasteiger partial charge is 0.463 e. The molecular formula is C13H25NO4. The predicted octanol–water partition coefficient (Wildman–Crippen LogP) is 1.22. The molecule has 0 aliphatic heterocycles. The van der Waals surface area contributed by atoms with Crippen LogP contribution >= 0.6 is 0 Å². The highest BCUT2D eigenvalue weighted by atomic mass is 16.6. The third kappa shape index (κ3) is 11.6. The predicted molar refractivity (Wildman–Crippen MR) is 70.1 cm³/mol. The van der Waals surface area contributed by atoms with Crippen LogP contribution in [-0.4, -0.2) is 43.2 Å². The van der Waals surface area contributed by atoms with Gasteiger partial charge in [0, 0.05) is 31.7 Å². The molecule has 0 amide bonds. The van der Waals surface area contributed by atoms with Crippen molar-refractivity contribution in [3.05, 3.63) is 12.7 Å². The van der Waals surface area contributed by atoms with Gasteiger partial charge in [0.15, 0.2) is 6.29 Å². The third-order valence-corrected chi connectivity index (χ3v) is 2.20. The smallest absolute Gasteiger partial charge is 0.330 e. The second-order valence-electron chi connectivity index (χ2n) is 4.30. The lowest BCUT2D eigenvalue weighted by atomic mass is 10.3. The summed E-state index contributed by atoms with van der Waals surface area (Å²) in [6.07, 6.45) is 2.45. The number of aliphatic hydroxyl groups is 1. The van der Waals surface area contributed by atoms with E-state index in [4.69, 9.17) is 9.47 Å². The first-order valence-electron chi connectivity index (χ1n) is 6.38. The van der Waals surface area contributed by atoms with Crippen LogP contribution in [0.3, 0.4) is 0 Å². The second-order valence-corrected chi connectivity index (χ2v) is 4.30. The minimum Gasteiger partial charge on any atom is -0.463 e. The third-order valence-electron chi connectivity index (χ3n) is 2.20. The first-order chi connectivity index (χ1) is 8.56. The Hall–Kier alpha value is -0.910. The minimum absolute atomic E-state index is 0.360. The molecule has 2 N–H and O–H groups in total. The standard InChI is InChI=1S/C13H25NO4/c1-4-12(15)17-9-5-6-10-18-13(16)7-8-14-11(2)3/h4,11,13-14,16H,1,5-10H2,2-3H3. The van der Waals surface area contributed by atoms with Crippen molar-refractivity contribution in [1.82, 2.24) is 5.32 Å². The van der Waals surface area contributed by atoms with Crippen molar-refractivity contribution < 1.29 is 19.4 Å². The van der Waals surface area contributed by atoms with E-state index in [-0.39, 0.29) is 0 Å². The van der Waals surface area contributed by atoms with Crippen molar-refractivity contribution in [2.24, 2.45) is 0 Å². The Morgan fingerprint density at radius 1 is 1.39 bits per heavy atom. The highest BCUT2D eigenvalue weighted by Crippen LogP contribution is 1.98. The number of hydrogen-bond donors (Lipinski definition) is 2. The molecule has 0 aromatic rings. The van der Waals surface area contributed by atoms with Gasteiger partial charge in [-0.15, -0.1) is 0 Å². The van der Waals surface area contributed by atoms with Gasteiger partial charge in [-0.05, 0) is 12.8 Å². The van der Waals surface area contributed by atoms with Gasteiger partial charge >= 0.3 is 5.97 Å². The molecule has 0 aromatic heterocycles. The van der Waals surface area contributed by atoms with E-state index in [9.17, 15) is 9.90 Å². The van der Waals surface area contributed by atoms with Crippen LogP contribution in [0, 0.1) is 0 Å². The van der Waals surface area contributed by atoms with E-state index in [1.165, 1.54) is 0 Å². The molecule has 0 saturated heterocycles. The highest BCUT2D eigenvalue weighted by molar-refractivity contribution is 5.81. The molecule has 0 radical (unpaired) electrons. The van der Waals surface area contributed by atoms with Crippen molar-refractivity contribution in [2.45, 2.75) is 45.4 Å². The van der Waals surface area contributed by atoms with Gasteiger partial charge in [-0.2, -0.15) is 0 Å². The van der Waals surface area contributed by atoms with Gasteiger partial charge < -0.3 is 19.9 Å². The van der Waals surface area contributed by atoms with E-state index < -0.39 is 12.3 Å². The Morgan fingerprint density at radius 2 is 2.06 bits per heavy atom. The van der Waals surface area contributed by atoms with Crippen LogP contribution in [0.1, 0.15) is 33.1 Å². The first-order valence-corrected chi connectivity index (χ1v) is 6.38. The average Bonchev–Trinajstić information content (AvgIpc) is 2.32. The summed E-state index contributed by atoms with van der Waals surface area (Å²) in [6, 6.07) is 0.414. The molecule has 5 heteroatoms. The molecule has 18 heavy (non-hydrogen) atoms. The van der Waals surface area contributed by atoms with Crippen molar-refractivity contribution in [3.8, 4) is 0 Å². The summed E-state index contributed by atoms with van der Waals surface area (Å²) in [7, 11) is 0. The lowest BCUT2D eigenvalue weighted by Crippen LogP contribution is -2.27. The fourth-order valence-corrected chi connectivity index (χ4v) is 1.23. The zero-order valence-electron chi connectivity index (χ0n) is 11.4. The van der Waals surface area contributed by atoms with Crippen molar-refractivity contribution >= 4 is 5.97 Å². The molecule has 0 aliphatic carbocycles. The lowest BCUT2D eigenvalue weighted by Gasteiger charge is -2.13. The number of carbonyl (C=O) groups is 1. The summed E-state index contributed by atoms with van der Waals surface area (Å²) in [6.45, 7) is 8.97. The summed E-state index contributed by atoms with van der Waals surface area (Å²) in [5, 5.41) is 12.7. The van der Waals surface area contributed by atoms with Crippen LogP contribution in [-0.2, 0) is 14.3 Å². The lowest BCUT2D eigenvalue weighted by molar-refractivity contribution is -0.138. The number of esters is 1. The second kappa shape index (κ2) is 11.2. The normalized spacial score (nSPS) is 12.4. The Labute approximate surface area is 109 Å². The van der Waals surface area contributed by atoms with Crippen LogP contribution in [0.4, 0.5) is 0 Å². The summed E-state index contributed by atoms with van der Waals surface area (Å²) in [4.78, 5) is 10.7. The highest BCUT2D eigenvalue weighted by Gasteiger charge is 2.04. The van der Waals surface area contributed by atoms with Gasteiger partial charge in [0.25, 0.3) is 0 Å². The molecule has 1 atom stereocenters. The van der Waals surface area contributed by atoms with E-state index in [0.29, 0.717) is 25.7 Å². The number of hydrogen-bond acceptors (Lipinski definition) is 5. The Kier molecular flexibility index (Phi) is 10.6. The number of ether oxygens (including phenoxy) is 2. The number of rotatable bonds is 11. The van der Waals surface area contributed by atoms with E-state index >= 15 is 0 Å². The monoisotopic (exact) mass is 259 g/mol. The Bertz CT molecular complexity index is 231. The van der Waals surface area contributed by atoms with Crippen LogP contribution in [0.5, 0.6) is 0 Å². The van der Waals surface area contributed by atoms with Crippen molar-refractivity contribution in [2.75, 3.05) is 19.8 Å². The topological polar surface area (TPSA) is 67.8 Å². The summed E-state index contributed by atoms with van der Waals surface area (Å²) < 4.78 is 10.0. The molecular weight excluding hydrogens is 234 g/mol. The molecule has 106 valence electrons. The van der Waals surface area contributed by atoms with Crippen LogP contribution in [0.25, 0.3) is 0 Å². The van der Waals surface area contributed by atoms with Crippen LogP contribution in [0.2, 0.25) is 0 Å². The van der Waals surface area contributed by atoms with Gasteiger partial charge in [-0.25, -0.2) is 4.79 Å². The van der Waals surface area contributed by atoms with Crippen LogP contribution in [0.15, 0.2) is 12.7 Å². The van der Waals surface area contributed by atoms with Gasteiger partial charge in [-0.1, -0.05) is 20.4 Å². The summed E-state index contributed by atoms with van der Waals surface area (Å²) in [5.41, 5.74) is 0. The van der Waals surface area contributed by atoms with Gasteiger partial charge in [0.2, 0.25) is 0 Å². The van der Waals surface area contributed by atoms with Crippen molar-refractivity contribution in [3.63, 3.8) is 0 Å². The van der Waals surface area contributed by atoms with Crippen molar-refractivity contribution in [1.29, 1.82) is 0 Å². The van der Waals surface area contributed by atoms with Gasteiger partial charge in [-0.3, -0.25) is 0 Å². The molecule has 0 aromatic carbocycles. The zero-order valence-corrected chi connectivity index (χ0v) is 11.4. The molecule has 1 unspecified atom stereocenters. The maximum atomic E-state index is 10.7. The molecule has 0 saturated carbocycles. The fourth-order valence-electron chi connectivity index (χ4n) is 1.23. The number of nitrogens with one attached hydrogen (secondary N) is 1. The summed E-state index contributed by atoms with van der Waals surface area (Å²) >= 11 is 0. The summed E-state index contributed by atoms with van der Waals surface area (Å²) in [5.74, 6) is -0.407. The maximum absolute atomic E-state index is 10.7.